The summed E-state index contributed by atoms with van der Waals surface area (Å²) in [5, 5.41) is 21.4. The van der Waals surface area contributed by atoms with E-state index in [0.29, 0.717) is 11.6 Å². The summed E-state index contributed by atoms with van der Waals surface area (Å²) >= 11 is 6.94. The summed E-state index contributed by atoms with van der Waals surface area (Å²) in [5.74, 6) is 0.781. The van der Waals surface area contributed by atoms with E-state index in [9.17, 15) is 15.2 Å². The van der Waals surface area contributed by atoms with Crippen LogP contribution >= 0.6 is 24.0 Å². The molecule has 1 unspecified atom stereocenters. The first-order chi connectivity index (χ1) is 13.5. The number of hydrogen-bond donors (Lipinski definition) is 1. The highest BCUT2D eigenvalue weighted by Gasteiger charge is 2.23. The van der Waals surface area contributed by atoms with Crippen LogP contribution in [0.1, 0.15) is 5.82 Å². The summed E-state index contributed by atoms with van der Waals surface area (Å²) in [7, 11) is 0. The number of aryl methyl sites for hydroxylation is 1. The molecule has 1 fully saturated rings. The van der Waals surface area contributed by atoms with Gasteiger partial charge in [0.2, 0.25) is 0 Å². The summed E-state index contributed by atoms with van der Waals surface area (Å²) < 4.78 is 2.18. The van der Waals surface area contributed by atoms with Gasteiger partial charge >= 0.3 is 5.82 Å². The van der Waals surface area contributed by atoms with E-state index in [-0.39, 0.29) is 12.4 Å². The lowest BCUT2D eigenvalue weighted by Gasteiger charge is -2.37. The molecule has 2 heterocycles. The summed E-state index contributed by atoms with van der Waals surface area (Å²) in [5.41, 5.74) is 1.22. The Balaban J connectivity index is 1.46. The number of aromatic nitrogens is 2. The zero-order chi connectivity index (χ0) is 20.1. The van der Waals surface area contributed by atoms with Crippen LogP contribution in [0.5, 0.6) is 0 Å². The predicted molar refractivity (Wildman–Crippen MR) is 115 cm³/mol. The molecule has 0 saturated carbocycles. The fraction of sp³-hybridized carbons (Fsp3) is 0.444. The van der Waals surface area contributed by atoms with Crippen molar-refractivity contribution in [2.45, 2.75) is 19.6 Å². The van der Waals surface area contributed by atoms with Gasteiger partial charge < -0.3 is 25.0 Å². The molecule has 2 aromatic rings. The zero-order valence-electron chi connectivity index (χ0n) is 15.6. The van der Waals surface area contributed by atoms with Gasteiger partial charge in [-0.25, -0.2) is 9.55 Å². The second-order valence-electron chi connectivity index (χ2n) is 6.57. The van der Waals surface area contributed by atoms with Gasteiger partial charge in [-0.2, -0.15) is 0 Å². The first kappa shape index (κ1) is 20.6. The minimum atomic E-state index is -0.750. The smallest absolute Gasteiger partial charge is 0.342 e. The van der Waals surface area contributed by atoms with E-state index < -0.39 is 11.0 Å². The monoisotopic (exact) mass is 421 g/mol. The quantitative estimate of drug-likeness (QED) is 0.432. The van der Waals surface area contributed by atoms with E-state index >= 15 is 0 Å². The summed E-state index contributed by atoms with van der Waals surface area (Å²) in [4.78, 5) is 19.0. The van der Waals surface area contributed by atoms with E-state index in [0.717, 1.165) is 30.5 Å². The number of benzene rings is 1. The fourth-order valence-electron chi connectivity index (χ4n) is 3.14. The Bertz CT molecular complexity index is 822. The molecule has 1 aliphatic rings. The Morgan fingerprint density at radius 2 is 2.00 bits per heavy atom. The normalized spacial score (nSPS) is 15.5. The van der Waals surface area contributed by atoms with E-state index in [1.165, 1.54) is 28.2 Å². The number of nitro groups is 1. The number of aliphatic hydroxyl groups excluding tert-OH is 1. The van der Waals surface area contributed by atoms with Crippen LogP contribution in [0.3, 0.4) is 0 Å². The van der Waals surface area contributed by atoms with Gasteiger partial charge in [0.15, 0.2) is 5.82 Å². The number of nitrogens with zero attached hydrogens (tertiary/aromatic N) is 5. The summed E-state index contributed by atoms with van der Waals surface area (Å²) in [6.45, 7) is 5.27. The van der Waals surface area contributed by atoms with Crippen molar-refractivity contribution in [1.29, 1.82) is 0 Å². The topological polar surface area (TPSA) is 87.7 Å². The van der Waals surface area contributed by atoms with Gasteiger partial charge in [0.05, 0.1) is 0 Å². The van der Waals surface area contributed by atoms with Gasteiger partial charge in [0, 0.05) is 44.5 Å². The maximum Gasteiger partial charge on any atom is 0.342 e. The number of hydrogen-bond acceptors (Lipinski definition) is 7. The van der Waals surface area contributed by atoms with Crippen LogP contribution in [-0.2, 0) is 6.54 Å². The highest BCUT2D eigenvalue weighted by Crippen LogP contribution is 2.20. The third kappa shape index (κ3) is 5.00. The molecule has 1 saturated heterocycles. The molecule has 3 rings (SSSR count). The minimum absolute atomic E-state index is 0.110. The highest BCUT2D eigenvalue weighted by atomic mass is 32.2. The van der Waals surface area contributed by atoms with Gasteiger partial charge in [-0.05, 0) is 17.1 Å². The molecule has 0 radical (unpaired) electrons. The third-order valence-corrected chi connectivity index (χ3v) is 6.34. The number of thiocarbonyl (C=S) groups is 1. The van der Waals surface area contributed by atoms with Gasteiger partial charge in [0.1, 0.15) is 23.2 Å². The lowest BCUT2D eigenvalue weighted by molar-refractivity contribution is -0.392. The van der Waals surface area contributed by atoms with Crippen LogP contribution in [0.25, 0.3) is 0 Å². The van der Waals surface area contributed by atoms with Gasteiger partial charge in [-0.1, -0.05) is 42.2 Å². The Morgan fingerprint density at radius 1 is 1.32 bits per heavy atom. The number of anilines is 1. The van der Waals surface area contributed by atoms with Gasteiger partial charge in [0.25, 0.3) is 0 Å². The molecule has 1 atom stereocenters. The van der Waals surface area contributed by atoms with Crippen LogP contribution in [-0.4, -0.2) is 66.8 Å². The van der Waals surface area contributed by atoms with Crippen LogP contribution in [0, 0.1) is 17.0 Å². The molecular formula is C18H23N5O3S2. The van der Waals surface area contributed by atoms with E-state index in [1.807, 2.05) is 18.2 Å². The Kier molecular flexibility index (Phi) is 6.87. The van der Waals surface area contributed by atoms with Crippen LogP contribution in [0.2, 0.25) is 0 Å². The average molecular weight is 422 g/mol. The Morgan fingerprint density at radius 3 is 2.64 bits per heavy atom. The maximum atomic E-state index is 11.0. The molecule has 1 aromatic carbocycles. The SMILES string of the molecule is Cc1ncc([N+](=O)[O-])n1CC(O)CSC(=S)N1CCN(c2ccccc2)CC1. The number of aliphatic hydroxyl groups is 1. The summed E-state index contributed by atoms with van der Waals surface area (Å²) in [6, 6.07) is 10.3. The third-order valence-electron chi connectivity index (χ3n) is 4.67. The number of para-hydroxylation sites is 1. The van der Waals surface area contributed by atoms with Crippen LogP contribution in [0.15, 0.2) is 36.5 Å². The summed E-state index contributed by atoms with van der Waals surface area (Å²) in [6.07, 6.45) is 0.464. The van der Waals surface area contributed by atoms with E-state index in [2.05, 4.69) is 26.9 Å². The van der Waals surface area contributed by atoms with E-state index in [4.69, 9.17) is 12.2 Å². The van der Waals surface area contributed by atoms with Crippen LogP contribution < -0.4 is 4.90 Å². The lowest BCUT2D eigenvalue weighted by Crippen LogP contribution is -2.47. The van der Waals surface area contributed by atoms with Crippen molar-refractivity contribution in [2.24, 2.45) is 0 Å². The molecule has 28 heavy (non-hydrogen) atoms. The zero-order valence-corrected chi connectivity index (χ0v) is 17.2. The van der Waals surface area contributed by atoms with Crippen molar-refractivity contribution in [2.75, 3.05) is 36.8 Å². The number of imidazole rings is 1. The first-order valence-corrected chi connectivity index (χ1v) is 10.4. The molecule has 1 aromatic heterocycles. The molecule has 1 aliphatic heterocycles. The fourth-order valence-corrected chi connectivity index (χ4v) is 4.33. The van der Waals surface area contributed by atoms with Crippen LogP contribution in [0.4, 0.5) is 11.5 Å². The molecule has 150 valence electrons. The second-order valence-corrected chi connectivity index (χ2v) is 8.23. The number of piperazine rings is 1. The largest absolute Gasteiger partial charge is 0.388 e. The standard InChI is InChI=1S/C18H23N5O3S2/c1-14-19-11-17(23(25)26)22(14)12-16(24)13-28-18(27)21-9-7-20(8-10-21)15-5-3-2-4-6-15/h2-6,11,16,24H,7-10,12-13H2,1H3. The molecule has 0 aliphatic carbocycles. The molecule has 0 bridgehead atoms. The Hall–Kier alpha value is -2.17. The maximum absolute atomic E-state index is 11.0. The van der Waals surface area contributed by atoms with Crippen molar-refractivity contribution in [3.05, 3.63) is 52.5 Å². The van der Waals surface area contributed by atoms with Crippen molar-refractivity contribution in [3.63, 3.8) is 0 Å². The van der Waals surface area contributed by atoms with Crippen molar-refractivity contribution >= 4 is 39.8 Å². The number of thioether (sulfide) groups is 1. The Labute approximate surface area is 173 Å². The highest BCUT2D eigenvalue weighted by molar-refractivity contribution is 8.22. The second kappa shape index (κ2) is 9.35. The average Bonchev–Trinajstić information content (AvgIpc) is 3.07. The molecule has 8 nitrogen and oxygen atoms in total. The molecule has 0 amide bonds. The first-order valence-electron chi connectivity index (χ1n) is 9.02. The van der Waals surface area contributed by atoms with Gasteiger partial charge in [-0.3, -0.25) is 0 Å². The van der Waals surface area contributed by atoms with Gasteiger partial charge in [-0.15, -0.1) is 0 Å². The molecule has 10 heteroatoms. The van der Waals surface area contributed by atoms with Crippen molar-refractivity contribution < 1.29 is 10.0 Å². The molecular weight excluding hydrogens is 398 g/mol. The van der Waals surface area contributed by atoms with Crippen molar-refractivity contribution in [1.82, 2.24) is 14.5 Å². The van der Waals surface area contributed by atoms with E-state index in [1.54, 1.807) is 6.92 Å². The predicted octanol–water partition coefficient (Wildman–Crippen LogP) is 2.30. The lowest BCUT2D eigenvalue weighted by atomic mass is 10.2. The minimum Gasteiger partial charge on any atom is -0.388 e. The molecule has 1 N–H and O–H groups in total. The van der Waals surface area contributed by atoms with Crippen molar-refractivity contribution in [3.8, 4) is 0 Å². The molecule has 0 spiro atoms. The number of rotatable bonds is 6.